The Bertz CT molecular complexity index is 922. The third-order valence-corrected chi connectivity index (χ3v) is 7.53. The first-order chi connectivity index (χ1) is 16.2. The zero-order valence-corrected chi connectivity index (χ0v) is 21.7. The second-order valence-electron chi connectivity index (χ2n) is 8.55. The fourth-order valence-corrected chi connectivity index (χ4v) is 5.35. The molecule has 3 aromatic carbocycles. The van der Waals surface area contributed by atoms with Crippen LogP contribution in [0.15, 0.2) is 66.7 Å². The molecule has 0 saturated carbocycles. The first kappa shape index (κ1) is 25.3. The third-order valence-electron chi connectivity index (χ3n) is 6.06. The highest BCUT2D eigenvalue weighted by molar-refractivity contribution is 7.56. The van der Waals surface area contributed by atoms with Crippen molar-refractivity contribution < 1.29 is 9.05 Å². The molecule has 0 fully saturated rings. The van der Waals surface area contributed by atoms with Gasteiger partial charge in [-0.05, 0) is 97.2 Å². The Balaban J connectivity index is 1.88. The summed E-state index contributed by atoms with van der Waals surface area (Å²) in [6.45, 7) is 8.93. The van der Waals surface area contributed by atoms with E-state index in [2.05, 4.69) is 88.4 Å². The standard InChI is InChI=1S/C30H39O2P/c1-5-9-14-26-22-28(20-18-24(26)7-3)31-33(30-16-12-11-13-17-30)32-29-21-19-25(8-4)27(23-29)15-10-6-2/h11-13,16-23H,5-10,14-15H2,1-4H3. The lowest BCUT2D eigenvalue weighted by molar-refractivity contribution is 0.500. The Morgan fingerprint density at radius 3 is 1.48 bits per heavy atom. The molecule has 0 aliphatic heterocycles. The van der Waals surface area contributed by atoms with Crippen molar-refractivity contribution >= 4 is 13.7 Å². The third kappa shape index (κ3) is 7.34. The topological polar surface area (TPSA) is 18.5 Å². The SMILES string of the molecule is CCCCc1cc(OP(Oc2ccc(CC)c(CCCC)c2)c2ccccc2)ccc1CC. The van der Waals surface area contributed by atoms with Gasteiger partial charge in [0.05, 0.1) is 5.30 Å². The van der Waals surface area contributed by atoms with Crippen LogP contribution in [0.2, 0.25) is 0 Å². The predicted octanol–water partition coefficient (Wildman–Crippen LogP) is 8.59. The van der Waals surface area contributed by atoms with Crippen LogP contribution in [0.25, 0.3) is 0 Å². The monoisotopic (exact) mass is 462 g/mol. The molecule has 0 aliphatic carbocycles. The zero-order valence-electron chi connectivity index (χ0n) is 20.8. The maximum Gasteiger partial charge on any atom is 0.326 e. The molecule has 2 nitrogen and oxygen atoms in total. The van der Waals surface area contributed by atoms with E-state index < -0.39 is 8.38 Å². The summed E-state index contributed by atoms with van der Waals surface area (Å²) in [5.41, 5.74) is 5.62. The summed E-state index contributed by atoms with van der Waals surface area (Å²) in [6, 6.07) is 23.4. The fourth-order valence-electron chi connectivity index (χ4n) is 4.07. The summed E-state index contributed by atoms with van der Waals surface area (Å²) < 4.78 is 13.1. The lowest BCUT2D eigenvalue weighted by atomic mass is 10.00. The summed E-state index contributed by atoms with van der Waals surface area (Å²) >= 11 is 0. The molecule has 0 spiro atoms. The molecular formula is C30H39O2P. The normalized spacial score (nSPS) is 11.1. The molecule has 0 radical (unpaired) electrons. The Labute approximate surface area is 202 Å². The molecule has 3 rings (SSSR count). The van der Waals surface area contributed by atoms with Crippen LogP contribution >= 0.6 is 8.38 Å². The van der Waals surface area contributed by atoms with Gasteiger partial charge in [0, 0.05) is 0 Å². The summed E-state index contributed by atoms with van der Waals surface area (Å²) in [7, 11) is -1.29. The van der Waals surface area contributed by atoms with Gasteiger partial charge in [0.1, 0.15) is 11.5 Å². The Hall–Kier alpha value is -2.31. The van der Waals surface area contributed by atoms with E-state index in [1.807, 2.05) is 6.07 Å². The van der Waals surface area contributed by atoms with Crippen molar-refractivity contribution in [3.05, 3.63) is 89.0 Å². The van der Waals surface area contributed by atoms with Gasteiger partial charge in [0.25, 0.3) is 0 Å². The van der Waals surface area contributed by atoms with Crippen molar-refractivity contribution in [3.63, 3.8) is 0 Å². The van der Waals surface area contributed by atoms with E-state index in [0.29, 0.717) is 0 Å². The average Bonchev–Trinajstić information content (AvgIpc) is 2.86. The van der Waals surface area contributed by atoms with Gasteiger partial charge in [-0.15, -0.1) is 0 Å². The van der Waals surface area contributed by atoms with Crippen molar-refractivity contribution in [2.75, 3.05) is 0 Å². The van der Waals surface area contributed by atoms with Crippen LogP contribution in [-0.2, 0) is 25.7 Å². The number of unbranched alkanes of at least 4 members (excludes halogenated alkanes) is 2. The smallest absolute Gasteiger partial charge is 0.326 e. The van der Waals surface area contributed by atoms with E-state index in [1.165, 1.54) is 47.9 Å². The van der Waals surface area contributed by atoms with Crippen LogP contribution in [0.4, 0.5) is 0 Å². The van der Waals surface area contributed by atoms with Crippen LogP contribution in [0.1, 0.15) is 75.6 Å². The van der Waals surface area contributed by atoms with Gasteiger partial charge in [-0.25, -0.2) is 0 Å². The second-order valence-corrected chi connectivity index (χ2v) is 9.95. The van der Waals surface area contributed by atoms with Crippen molar-refractivity contribution in [1.29, 1.82) is 0 Å². The van der Waals surface area contributed by atoms with Gasteiger partial charge >= 0.3 is 8.38 Å². The quantitative estimate of drug-likeness (QED) is 0.237. The summed E-state index contributed by atoms with van der Waals surface area (Å²) in [4.78, 5) is 0. The van der Waals surface area contributed by atoms with E-state index in [4.69, 9.17) is 9.05 Å². The molecule has 3 aromatic rings. The van der Waals surface area contributed by atoms with E-state index in [-0.39, 0.29) is 0 Å². The molecular weight excluding hydrogens is 423 g/mol. The molecule has 33 heavy (non-hydrogen) atoms. The molecule has 0 aromatic heterocycles. The number of benzene rings is 3. The minimum absolute atomic E-state index is 0.893. The maximum atomic E-state index is 6.54. The highest BCUT2D eigenvalue weighted by Crippen LogP contribution is 2.41. The van der Waals surface area contributed by atoms with Crippen LogP contribution in [0.5, 0.6) is 11.5 Å². The molecule has 0 amide bonds. The molecule has 0 saturated heterocycles. The largest absolute Gasteiger partial charge is 0.435 e. The number of hydrogen-bond donors (Lipinski definition) is 0. The zero-order chi connectivity index (χ0) is 23.5. The number of aryl methyl sites for hydroxylation is 4. The summed E-state index contributed by atoms with van der Waals surface area (Å²) in [5, 5.41) is 1.08. The minimum Gasteiger partial charge on any atom is -0.435 e. The van der Waals surface area contributed by atoms with Crippen molar-refractivity contribution in [3.8, 4) is 11.5 Å². The van der Waals surface area contributed by atoms with Crippen LogP contribution in [0, 0.1) is 0 Å². The van der Waals surface area contributed by atoms with Crippen LogP contribution in [0.3, 0.4) is 0 Å². The van der Waals surface area contributed by atoms with Gasteiger partial charge in [-0.3, -0.25) is 0 Å². The molecule has 0 unspecified atom stereocenters. The minimum atomic E-state index is -1.29. The van der Waals surface area contributed by atoms with Crippen LogP contribution in [-0.4, -0.2) is 0 Å². The molecule has 176 valence electrons. The lowest BCUT2D eigenvalue weighted by Crippen LogP contribution is -2.10. The molecule has 0 heterocycles. The molecule has 0 atom stereocenters. The van der Waals surface area contributed by atoms with Crippen molar-refractivity contribution in [1.82, 2.24) is 0 Å². The van der Waals surface area contributed by atoms with E-state index in [9.17, 15) is 0 Å². The van der Waals surface area contributed by atoms with E-state index in [1.54, 1.807) is 0 Å². The Morgan fingerprint density at radius 2 is 1.06 bits per heavy atom. The first-order valence-electron chi connectivity index (χ1n) is 12.6. The first-order valence-corrected chi connectivity index (χ1v) is 13.8. The lowest BCUT2D eigenvalue weighted by Gasteiger charge is -2.21. The van der Waals surface area contributed by atoms with Gasteiger partial charge in [0.2, 0.25) is 0 Å². The average molecular weight is 463 g/mol. The van der Waals surface area contributed by atoms with Crippen molar-refractivity contribution in [2.45, 2.75) is 79.1 Å². The van der Waals surface area contributed by atoms with Gasteiger partial charge in [-0.2, -0.15) is 0 Å². The van der Waals surface area contributed by atoms with Gasteiger partial charge < -0.3 is 9.05 Å². The molecule has 0 bridgehead atoms. The van der Waals surface area contributed by atoms with E-state index in [0.717, 1.165) is 42.5 Å². The fraction of sp³-hybridized carbons (Fsp3) is 0.400. The summed E-state index contributed by atoms with van der Waals surface area (Å²) in [5.74, 6) is 1.79. The number of hydrogen-bond acceptors (Lipinski definition) is 2. The highest BCUT2D eigenvalue weighted by Gasteiger charge is 2.19. The van der Waals surface area contributed by atoms with Crippen molar-refractivity contribution in [2.24, 2.45) is 0 Å². The molecule has 3 heteroatoms. The molecule has 0 N–H and O–H groups in total. The highest BCUT2D eigenvalue weighted by atomic mass is 31.2. The maximum absolute atomic E-state index is 6.54. The summed E-state index contributed by atoms with van der Waals surface area (Å²) in [6.07, 6.45) is 9.08. The Kier molecular flexibility index (Phi) is 10.3. The predicted molar refractivity (Wildman–Crippen MR) is 143 cm³/mol. The second kappa shape index (κ2) is 13.4. The number of rotatable bonds is 13. The van der Waals surface area contributed by atoms with E-state index >= 15 is 0 Å². The molecule has 0 aliphatic rings. The van der Waals surface area contributed by atoms with Gasteiger partial charge in [-0.1, -0.05) is 70.9 Å². The Morgan fingerprint density at radius 1 is 0.576 bits per heavy atom. The van der Waals surface area contributed by atoms with Crippen LogP contribution < -0.4 is 14.4 Å². The van der Waals surface area contributed by atoms with Gasteiger partial charge in [0.15, 0.2) is 0 Å².